The maximum absolute atomic E-state index is 13.0. The summed E-state index contributed by atoms with van der Waals surface area (Å²) < 4.78 is 43.2. The van der Waals surface area contributed by atoms with Gasteiger partial charge >= 0.3 is 12.1 Å². The zero-order chi connectivity index (χ0) is 29.7. The van der Waals surface area contributed by atoms with E-state index < -0.39 is 35.9 Å². The number of benzene rings is 2. The molecule has 2 heterocycles. The molecule has 1 fully saturated rings. The fourth-order valence-corrected chi connectivity index (χ4v) is 4.54. The number of ether oxygens (including phenoxy) is 1. The largest absolute Gasteiger partial charge is 0.493 e. The van der Waals surface area contributed by atoms with Crippen molar-refractivity contribution in [3.8, 4) is 5.75 Å². The van der Waals surface area contributed by atoms with Crippen LogP contribution in [0.4, 0.5) is 13.2 Å². The second-order valence-corrected chi connectivity index (χ2v) is 9.55. The first-order valence-electron chi connectivity index (χ1n) is 12.6. The van der Waals surface area contributed by atoms with Gasteiger partial charge in [0.2, 0.25) is 5.91 Å². The third-order valence-corrected chi connectivity index (χ3v) is 6.63. The Hall–Kier alpha value is -4.68. The number of amides is 3. The molecule has 0 radical (unpaired) electrons. The van der Waals surface area contributed by atoms with Crippen molar-refractivity contribution in [3.05, 3.63) is 71.4 Å². The lowest BCUT2D eigenvalue weighted by molar-refractivity contribution is -0.208. The molecular weight excluding hydrogens is 545 g/mol. The van der Waals surface area contributed by atoms with Gasteiger partial charge in [-0.05, 0) is 49.7 Å². The number of nitrogens with zero attached hydrogens (tertiary/aromatic N) is 2. The van der Waals surface area contributed by atoms with E-state index in [1.54, 1.807) is 12.1 Å². The Balaban J connectivity index is 1.40. The number of carbonyl (C=O) groups excluding carboxylic acids is 4. The number of likely N-dealkylation sites (tertiary alicyclic amines) is 1. The van der Waals surface area contributed by atoms with E-state index in [1.807, 2.05) is 37.3 Å². The predicted molar refractivity (Wildman–Crippen MR) is 139 cm³/mol. The van der Waals surface area contributed by atoms with E-state index in [2.05, 4.69) is 15.1 Å². The van der Waals surface area contributed by atoms with Crippen LogP contribution >= 0.6 is 0 Å². The first kappa shape index (κ1) is 29.3. The van der Waals surface area contributed by atoms with Crippen LogP contribution in [0.3, 0.4) is 0 Å². The molecule has 10 nitrogen and oxygen atoms in total. The van der Waals surface area contributed by atoms with Crippen molar-refractivity contribution in [2.75, 3.05) is 13.1 Å². The fraction of sp³-hybridized carbons (Fsp3) is 0.321. The standard InChI is InChI=1S/C28H27F3N4O6/c1-16-13-19(21-5-3-4-6-23(21)32-16)15-40-20-9-7-18(8-10-20)25(37)33-24-11-12-35(17(2)36)14-22(24)26(38)34-41-27(39)28(29,30)31/h3-10,13,22,24H,11-12,14-15H2,1-2H3,(H,33,37)(H,34,38)/t22-,24+/m0/s1. The van der Waals surface area contributed by atoms with Crippen molar-refractivity contribution >= 4 is 34.6 Å². The van der Waals surface area contributed by atoms with Crippen LogP contribution in [0.15, 0.2) is 54.6 Å². The van der Waals surface area contributed by atoms with Crippen molar-refractivity contribution in [3.63, 3.8) is 0 Å². The van der Waals surface area contributed by atoms with E-state index in [9.17, 15) is 32.3 Å². The summed E-state index contributed by atoms with van der Waals surface area (Å²) in [5.41, 5.74) is 4.41. The summed E-state index contributed by atoms with van der Waals surface area (Å²) in [6.07, 6.45) is -5.16. The number of carbonyl (C=O) groups is 4. The molecule has 1 saturated heterocycles. The van der Waals surface area contributed by atoms with Gasteiger partial charge in [0.15, 0.2) is 0 Å². The van der Waals surface area contributed by atoms with Crippen molar-refractivity contribution in [2.45, 2.75) is 39.1 Å². The Kier molecular flexibility index (Phi) is 8.74. The monoisotopic (exact) mass is 572 g/mol. The van der Waals surface area contributed by atoms with E-state index in [1.165, 1.54) is 29.4 Å². The van der Waals surface area contributed by atoms with Crippen molar-refractivity contribution in [1.29, 1.82) is 0 Å². The number of piperidine rings is 1. The van der Waals surface area contributed by atoms with Gasteiger partial charge < -0.3 is 19.8 Å². The molecule has 2 aromatic carbocycles. The van der Waals surface area contributed by atoms with E-state index >= 15 is 0 Å². The number of nitrogens with one attached hydrogen (secondary N) is 2. The molecule has 0 bridgehead atoms. The molecule has 216 valence electrons. The topological polar surface area (TPSA) is 127 Å². The lowest BCUT2D eigenvalue weighted by atomic mass is 9.91. The average molecular weight is 573 g/mol. The molecular formula is C28H27F3N4O6. The minimum absolute atomic E-state index is 0.150. The van der Waals surface area contributed by atoms with E-state index in [-0.39, 0.29) is 37.6 Å². The lowest BCUT2D eigenvalue weighted by Gasteiger charge is -2.37. The number of pyridine rings is 1. The van der Waals surface area contributed by atoms with E-state index in [0.717, 1.165) is 22.2 Å². The van der Waals surface area contributed by atoms with Gasteiger partial charge in [0.05, 0.1) is 11.4 Å². The molecule has 1 aliphatic rings. The van der Waals surface area contributed by atoms with Crippen LogP contribution in [0.25, 0.3) is 10.9 Å². The Morgan fingerprint density at radius 1 is 1.07 bits per heavy atom. The number of para-hydroxylation sites is 1. The molecule has 0 unspecified atom stereocenters. The zero-order valence-electron chi connectivity index (χ0n) is 22.2. The van der Waals surface area contributed by atoms with Gasteiger partial charge in [-0.2, -0.15) is 18.7 Å². The number of hydrogen-bond donors (Lipinski definition) is 2. The van der Waals surface area contributed by atoms with E-state index in [4.69, 9.17) is 4.74 Å². The van der Waals surface area contributed by atoms with Gasteiger partial charge in [-0.1, -0.05) is 18.2 Å². The van der Waals surface area contributed by atoms with Crippen LogP contribution in [0.1, 0.15) is 35.0 Å². The quantitative estimate of drug-likeness (QED) is 0.435. The van der Waals surface area contributed by atoms with Gasteiger partial charge in [0.1, 0.15) is 12.4 Å². The van der Waals surface area contributed by atoms with Crippen LogP contribution < -0.4 is 15.5 Å². The van der Waals surface area contributed by atoms with Gasteiger partial charge in [0, 0.05) is 48.3 Å². The van der Waals surface area contributed by atoms with Crippen molar-refractivity contribution in [2.24, 2.45) is 5.92 Å². The number of alkyl halides is 3. The molecule has 41 heavy (non-hydrogen) atoms. The normalized spacial score (nSPS) is 17.0. The molecule has 0 saturated carbocycles. The molecule has 3 amide bonds. The highest BCUT2D eigenvalue weighted by atomic mass is 19.4. The molecule has 1 aromatic heterocycles. The molecule has 2 N–H and O–H groups in total. The third-order valence-electron chi connectivity index (χ3n) is 6.63. The smallest absolute Gasteiger partial charge is 0.489 e. The Morgan fingerprint density at radius 2 is 1.78 bits per heavy atom. The number of rotatable bonds is 6. The first-order valence-corrected chi connectivity index (χ1v) is 12.6. The first-order chi connectivity index (χ1) is 19.4. The highest BCUT2D eigenvalue weighted by molar-refractivity contribution is 5.95. The maximum atomic E-state index is 13.0. The Morgan fingerprint density at radius 3 is 2.46 bits per heavy atom. The third kappa shape index (κ3) is 7.29. The van der Waals surface area contributed by atoms with Crippen LogP contribution in [-0.4, -0.2) is 58.9 Å². The molecule has 4 rings (SSSR count). The van der Waals surface area contributed by atoms with Crippen LogP contribution in [-0.2, 0) is 25.8 Å². The molecule has 2 atom stereocenters. The second-order valence-electron chi connectivity index (χ2n) is 9.55. The van der Waals surface area contributed by atoms with Gasteiger partial charge in [-0.15, -0.1) is 0 Å². The fourth-order valence-electron chi connectivity index (χ4n) is 4.54. The molecule has 1 aliphatic heterocycles. The highest BCUT2D eigenvalue weighted by Gasteiger charge is 2.43. The summed E-state index contributed by atoms with van der Waals surface area (Å²) in [4.78, 5) is 58.1. The maximum Gasteiger partial charge on any atom is 0.493 e. The van der Waals surface area contributed by atoms with Crippen molar-refractivity contribution in [1.82, 2.24) is 20.7 Å². The van der Waals surface area contributed by atoms with Crippen LogP contribution in [0, 0.1) is 12.8 Å². The molecule has 0 spiro atoms. The van der Waals surface area contributed by atoms with Crippen molar-refractivity contribution < 1.29 is 41.9 Å². The number of hydrogen-bond acceptors (Lipinski definition) is 7. The van der Waals surface area contributed by atoms with Gasteiger partial charge in [-0.25, -0.2) is 4.79 Å². The zero-order valence-corrected chi connectivity index (χ0v) is 22.2. The minimum atomic E-state index is -5.31. The Labute approximate surface area is 232 Å². The average Bonchev–Trinajstić information content (AvgIpc) is 2.94. The Bertz CT molecular complexity index is 1460. The van der Waals surface area contributed by atoms with Crippen LogP contribution in [0.5, 0.6) is 5.75 Å². The summed E-state index contributed by atoms with van der Waals surface area (Å²) in [6.45, 7) is 3.48. The number of aromatic nitrogens is 1. The second kappa shape index (κ2) is 12.2. The summed E-state index contributed by atoms with van der Waals surface area (Å²) in [5.74, 6) is -5.23. The molecule has 0 aliphatic carbocycles. The highest BCUT2D eigenvalue weighted by Crippen LogP contribution is 2.23. The minimum Gasteiger partial charge on any atom is -0.489 e. The predicted octanol–water partition coefficient (Wildman–Crippen LogP) is 3.23. The lowest BCUT2D eigenvalue weighted by Crippen LogP contribution is -2.57. The number of aryl methyl sites for hydroxylation is 1. The summed E-state index contributed by atoms with van der Waals surface area (Å²) >= 11 is 0. The summed E-state index contributed by atoms with van der Waals surface area (Å²) in [5, 5.41) is 3.67. The van der Waals surface area contributed by atoms with E-state index in [0.29, 0.717) is 5.75 Å². The van der Waals surface area contributed by atoms with Gasteiger partial charge in [0.25, 0.3) is 11.8 Å². The SMILES string of the molecule is CC(=O)N1CC[C@@H](NC(=O)c2ccc(OCc3cc(C)nc4ccccc34)cc2)[C@@H](C(=O)NOC(=O)C(F)(F)F)C1. The molecule has 13 heteroatoms. The number of halogens is 3. The van der Waals surface area contributed by atoms with Crippen LogP contribution in [0.2, 0.25) is 0 Å². The number of fused-ring (bicyclic) bond motifs is 1. The summed E-state index contributed by atoms with van der Waals surface area (Å²) in [7, 11) is 0. The summed E-state index contributed by atoms with van der Waals surface area (Å²) in [6, 6.07) is 15.1. The number of hydroxylamine groups is 1. The van der Waals surface area contributed by atoms with Gasteiger partial charge in [-0.3, -0.25) is 19.4 Å². The molecule has 3 aromatic rings.